The van der Waals surface area contributed by atoms with Crippen LogP contribution < -0.4 is 9.47 Å². The summed E-state index contributed by atoms with van der Waals surface area (Å²) in [6.45, 7) is 0. The molecule has 4 N–H and O–H groups in total. The first kappa shape index (κ1) is 22.9. The minimum atomic E-state index is -1.04. The second-order valence-electron chi connectivity index (χ2n) is 7.06. The summed E-state index contributed by atoms with van der Waals surface area (Å²) in [4.78, 5) is 23.2. The lowest BCUT2D eigenvalue weighted by Gasteiger charge is -2.24. The van der Waals surface area contributed by atoms with Gasteiger partial charge in [-0.1, -0.05) is 12.1 Å². The van der Waals surface area contributed by atoms with Crippen LogP contribution in [0, 0.1) is 11.8 Å². The topological polar surface area (TPSA) is 134 Å². The molecule has 8 nitrogen and oxygen atoms in total. The van der Waals surface area contributed by atoms with Crippen LogP contribution in [0.1, 0.15) is 24.0 Å². The van der Waals surface area contributed by atoms with E-state index < -0.39 is 23.8 Å². The van der Waals surface area contributed by atoms with Gasteiger partial charge < -0.3 is 29.9 Å². The van der Waals surface area contributed by atoms with Crippen molar-refractivity contribution in [1.82, 2.24) is 0 Å². The Hall–Kier alpha value is -3.42. The summed E-state index contributed by atoms with van der Waals surface area (Å²) in [5.41, 5.74) is 1.38. The first-order chi connectivity index (χ1) is 14.2. The smallest absolute Gasteiger partial charge is 0.307 e. The van der Waals surface area contributed by atoms with Crippen LogP contribution in [0.3, 0.4) is 0 Å². The molecule has 2 aromatic rings. The molecule has 0 aliphatic rings. The van der Waals surface area contributed by atoms with E-state index in [4.69, 9.17) is 14.6 Å². The minimum Gasteiger partial charge on any atom is -0.504 e. The Morgan fingerprint density at radius 3 is 1.80 bits per heavy atom. The van der Waals surface area contributed by atoms with Crippen LogP contribution in [-0.2, 0) is 22.4 Å². The van der Waals surface area contributed by atoms with Gasteiger partial charge in [0.05, 0.1) is 20.1 Å². The molecule has 0 radical (unpaired) electrons. The van der Waals surface area contributed by atoms with Crippen molar-refractivity contribution in [3.63, 3.8) is 0 Å². The number of carboxylic acids is 2. The first-order valence-corrected chi connectivity index (χ1v) is 9.41. The van der Waals surface area contributed by atoms with Gasteiger partial charge in [0.1, 0.15) is 0 Å². The molecular weight excluding hydrogens is 392 g/mol. The van der Waals surface area contributed by atoms with Gasteiger partial charge in [-0.25, -0.2) is 0 Å². The number of ether oxygens (including phenoxy) is 2. The second-order valence-corrected chi connectivity index (χ2v) is 7.06. The molecule has 0 spiro atoms. The predicted octanol–water partition coefficient (Wildman–Crippen LogP) is 3.08. The zero-order valence-electron chi connectivity index (χ0n) is 16.9. The number of phenolic OH excluding ortho intramolecular Hbond substituents is 2. The van der Waals surface area contributed by atoms with Gasteiger partial charge >= 0.3 is 11.9 Å². The molecule has 0 fully saturated rings. The third-order valence-electron chi connectivity index (χ3n) is 5.06. The minimum absolute atomic E-state index is 0.0330. The Labute approximate surface area is 174 Å². The quantitative estimate of drug-likeness (QED) is 0.437. The average molecular weight is 418 g/mol. The monoisotopic (exact) mass is 418 g/mol. The summed E-state index contributed by atoms with van der Waals surface area (Å²) in [5.74, 6) is -2.96. The van der Waals surface area contributed by atoms with Gasteiger partial charge in [-0.15, -0.1) is 0 Å². The summed E-state index contributed by atoms with van der Waals surface area (Å²) in [5, 5.41) is 38.5. The van der Waals surface area contributed by atoms with E-state index in [1.165, 1.54) is 26.4 Å². The van der Waals surface area contributed by atoms with Gasteiger partial charge in [-0.05, 0) is 60.6 Å². The zero-order chi connectivity index (χ0) is 22.3. The fourth-order valence-electron chi connectivity index (χ4n) is 3.46. The molecule has 30 heavy (non-hydrogen) atoms. The van der Waals surface area contributed by atoms with Crippen molar-refractivity contribution in [2.75, 3.05) is 14.2 Å². The normalized spacial score (nSPS) is 12.7. The molecule has 0 heterocycles. The molecule has 0 unspecified atom stereocenters. The predicted molar refractivity (Wildman–Crippen MR) is 108 cm³/mol. The molecule has 2 aromatic carbocycles. The number of hydrogen-bond donors (Lipinski definition) is 4. The van der Waals surface area contributed by atoms with E-state index in [0.29, 0.717) is 12.0 Å². The summed E-state index contributed by atoms with van der Waals surface area (Å²) >= 11 is 0. The number of benzene rings is 2. The third kappa shape index (κ3) is 6.04. The standard InChI is InChI=1S/C22H26O8/c1-29-19-11-13(3-6-17(19)23)9-15(5-8-21(25)26)16(22(27)28)10-14-4-7-18(24)20(12-14)30-2/h3-4,6-7,11-12,15-16,23-24H,5,8-10H2,1-2H3,(H,25,26)(H,27,28)/t15-,16-/m1/s1. The summed E-state index contributed by atoms with van der Waals surface area (Å²) < 4.78 is 10.2. The number of rotatable bonds is 11. The number of aliphatic carboxylic acids is 2. The molecule has 0 bridgehead atoms. The maximum Gasteiger partial charge on any atom is 0.307 e. The van der Waals surface area contributed by atoms with E-state index in [2.05, 4.69) is 0 Å². The van der Waals surface area contributed by atoms with Gasteiger partial charge in [0.25, 0.3) is 0 Å². The van der Waals surface area contributed by atoms with Crippen molar-refractivity contribution in [3.8, 4) is 23.0 Å². The number of methoxy groups -OCH3 is 2. The molecular formula is C22H26O8. The SMILES string of the molecule is COc1cc(C[C@@H](CCC(=O)O)[C@@H](Cc2ccc(O)c(OC)c2)C(=O)O)ccc1O. The highest BCUT2D eigenvalue weighted by atomic mass is 16.5. The Morgan fingerprint density at radius 2 is 1.37 bits per heavy atom. The third-order valence-corrected chi connectivity index (χ3v) is 5.06. The Bertz CT molecular complexity index is 893. The average Bonchev–Trinajstić information content (AvgIpc) is 2.71. The highest BCUT2D eigenvalue weighted by molar-refractivity contribution is 5.71. The molecule has 0 saturated heterocycles. The Balaban J connectivity index is 2.32. The lowest BCUT2D eigenvalue weighted by Crippen LogP contribution is -2.28. The number of phenols is 2. The number of aromatic hydroxyl groups is 2. The summed E-state index contributed by atoms with van der Waals surface area (Å²) in [7, 11) is 2.82. The molecule has 2 rings (SSSR count). The number of hydrogen-bond acceptors (Lipinski definition) is 6. The van der Waals surface area contributed by atoms with Crippen molar-refractivity contribution in [2.24, 2.45) is 11.8 Å². The fourth-order valence-corrected chi connectivity index (χ4v) is 3.46. The maximum absolute atomic E-state index is 12.1. The van der Waals surface area contributed by atoms with Crippen LogP contribution in [0.15, 0.2) is 36.4 Å². The van der Waals surface area contributed by atoms with Gasteiger partial charge in [-0.2, -0.15) is 0 Å². The molecule has 162 valence electrons. The van der Waals surface area contributed by atoms with Crippen LogP contribution >= 0.6 is 0 Å². The van der Waals surface area contributed by atoms with E-state index in [0.717, 1.165) is 5.56 Å². The van der Waals surface area contributed by atoms with Gasteiger partial charge in [0, 0.05) is 6.42 Å². The fraction of sp³-hybridized carbons (Fsp3) is 0.364. The van der Waals surface area contributed by atoms with Crippen molar-refractivity contribution >= 4 is 11.9 Å². The van der Waals surface area contributed by atoms with Crippen LogP contribution in [0.5, 0.6) is 23.0 Å². The van der Waals surface area contributed by atoms with E-state index >= 15 is 0 Å². The van der Waals surface area contributed by atoms with E-state index in [1.54, 1.807) is 24.3 Å². The first-order valence-electron chi connectivity index (χ1n) is 9.41. The molecule has 0 amide bonds. The van der Waals surface area contributed by atoms with Crippen LogP contribution in [-0.4, -0.2) is 46.6 Å². The largest absolute Gasteiger partial charge is 0.504 e. The van der Waals surface area contributed by atoms with Crippen LogP contribution in [0.25, 0.3) is 0 Å². The van der Waals surface area contributed by atoms with Crippen molar-refractivity contribution < 1.29 is 39.5 Å². The Kier molecular flexibility index (Phi) is 7.91. The van der Waals surface area contributed by atoms with E-state index in [9.17, 15) is 24.9 Å². The van der Waals surface area contributed by atoms with Crippen molar-refractivity contribution in [2.45, 2.75) is 25.7 Å². The molecule has 0 aliphatic carbocycles. The summed E-state index contributed by atoms with van der Waals surface area (Å²) in [6, 6.07) is 9.36. The van der Waals surface area contributed by atoms with Crippen LogP contribution in [0.2, 0.25) is 0 Å². The van der Waals surface area contributed by atoms with Crippen molar-refractivity contribution in [3.05, 3.63) is 47.5 Å². The van der Waals surface area contributed by atoms with Crippen molar-refractivity contribution in [1.29, 1.82) is 0 Å². The molecule has 8 heteroatoms. The van der Waals surface area contributed by atoms with Crippen LogP contribution in [0.4, 0.5) is 0 Å². The highest BCUT2D eigenvalue weighted by Crippen LogP contribution is 2.33. The van der Waals surface area contributed by atoms with Gasteiger partial charge in [0.2, 0.25) is 0 Å². The highest BCUT2D eigenvalue weighted by Gasteiger charge is 2.29. The summed E-state index contributed by atoms with van der Waals surface area (Å²) in [6.07, 6.45) is 0.453. The molecule has 2 atom stereocenters. The number of carbonyl (C=O) groups is 2. The maximum atomic E-state index is 12.1. The molecule has 0 aromatic heterocycles. The molecule has 0 saturated carbocycles. The van der Waals surface area contributed by atoms with E-state index in [1.807, 2.05) is 0 Å². The second kappa shape index (κ2) is 10.4. The zero-order valence-corrected chi connectivity index (χ0v) is 16.9. The van der Waals surface area contributed by atoms with E-state index in [-0.39, 0.29) is 42.3 Å². The number of carboxylic acid groups (broad SMARTS) is 2. The van der Waals surface area contributed by atoms with Gasteiger partial charge in [0.15, 0.2) is 23.0 Å². The lowest BCUT2D eigenvalue weighted by atomic mass is 9.80. The van der Waals surface area contributed by atoms with Gasteiger partial charge in [-0.3, -0.25) is 9.59 Å². The Morgan fingerprint density at radius 1 is 0.867 bits per heavy atom. The lowest BCUT2D eigenvalue weighted by molar-refractivity contribution is -0.145. The molecule has 0 aliphatic heterocycles.